The van der Waals surface area contributed by atoms with E-state index in [2.05, 4.69) is 36.3 Å². The Labute approximate surface area is 106 Å². The third-order valence-corrected chi connectivity index (χ3v) is 2.94. The van der Waals surface area contributed by atoms with Crippen molar-refractivity contribution in [3.8, 4) is 0 Å². The zero-order chi connectivity index (χ0) is 13.1. The van der Waals surface area contributed by atoms with E-state index < -0.39 is 0 Å². The first-order chi connectivity index (χ1) is 8.15. The summed E-state index contributed by atoms with van der Waals surface area (Å²) in [6.07, 6.45) is 2.08. The Bertz CT molecular complexity index is 193. The van der Waals surface area contributed by atoms with E-state index in [1.807, 2.05) is 6.92 Å². The Morgan fingerprint density at radius 3 is 2.35 bits per heavy atom. The lowest BCUT2D eigenvalue weighted by molar-refractivity contribution is -0.122. The van der Waals surface area contributed by atoms with Gasteiger partial charge in [-0.15, -0.1) is 0 Å². The average molecular weight is 243 g/mol. The summed E-state index contributed by atoms with van der Waals surface area (Å²) in [4.78, 5) is 14.0. The lowest BCUT2D eigenvalue weighted by Crippen LogP contribution is -2.43. The van der Waals surface area contributed by atoms with Gasteiger partial charge in [-0.3, -0.25) is 4.79 Å². The van der Waals surface area contributed by atoms with Crippen molar-refractivity contribution in [3.05, 3.63) is 0 Å². The number of nitrogens with one attached hydrogen (secondary N) is 2. The Morgan fingerprint density at radius 2 is 1.82 bits per heavy atom. The summed E-state index contributed by atoms with van der Waals surface area (Å²) in [6.45, 7) is 13.3. The molecule has 0 radical (unpaired) electrons. The first-order valence-corrected chi connectivity index (χ1v) is 6.89. The first kappa shape index (κ1) is 16.4. The molecule has 17 heavy (non-hydrogen) atoms. The zero-order valence-electron chi connectivity index (χ0n) is 11.9. The van der Waals surface area contributed by atoms with Gasteiger partial charge in [-0.25, -0.2) is 0 Å². The first-order valence-electron chi connectivity index (χ1n) is 6.89. The lowest BCUT2D eigenvalue weighted by atomic mass is 10.3. The number of nitrogens with zero attached hydrogens (tertiary/aromatic N) is 1. The highest BCUT2D eigenvalue weighted by molar-refractivity contribution is 5.81. The van der Waals surface area contributed by atoms with Gasteiger partial charge in [0.2, 0.25) is 5.91 Å². The lowest BCUT2D eigenvalue weighted by Gasteiger charge is -2.19. The van der Waals surface area contributed by atoms with Crippen LogP contribution in [0.4, 0.5) is 0 Å². The smallest absolute Gasteiger partial charge is 0.236 e. The fourth-order valence-electron chi connectivity index (χ4n) is 1.66. The molecule has 0 aliphatic rings. The molecule has 4 heteroatoms. The SMILES string of the molecule is CCCNC(=O)C(C)NCCCN(CC)CC. The van der Waals surface area contributed by atoms with Gasteiger partial charge in [-0.2, -0.15) is 0 Å². The number of rotatable bonds is 10. The van der Waals surface area contributed by atoms with Gasteiger partial charge in [-0.1, -0.05) is 20.8 Å². The summed E-state index contributed by atoms with van der Waals surface area (Å²) >= 11 is 0. The molecule has 0 aromatic carbocycles. The number of carbonyl (C=O) groups excluding carboxylic acids is 1. The zero-order valence-corrected chi connectivity index (χ0v) is 11.9. The molecule has 1 unspecified atom stereocenters. The Morgan fingerprint density at radius 1 is 1.18 bits per heavy atom. The predicted molar refractivity (Wildman–Crippen MR) is 73.2 cm³/mol. The summed E-state index contributed by atoms with van der Waals surface area (Å²) < 4.78 is 0. The van der Waals surface area contributed by atoms with Crippen molar-refractivity contribution in [1.82, 2.24) is 15.5 Å². The quantitative estimate of drug-likeness (QED) is 0.567. The standard InChI is InChI=1S/C13H29N3O/c1-5-9-15-13(17)12(4)14-10-8-11-16(6-2)7-3/h12,14H,5-11H2,1-4H3,(H,15,17). The van der Waals surface area contributed by atoms with Crippen LogP contribution in [0.25, 0.3) is 0 Å². The van der Waals surface area contributed by atoms with Crippen LogP contribution in [-0.2, 0) is 4.79 Å². The van der Waals surface area contributed by atoms with Gasteiger partial charge in [0.05, 0.1) is 6.04 Å². The van der Waals surface area contributed by atoms with E-state index in [4.69, 9.17) is 0 Å². The summed E-state index contributed by atoms with van der Waals surface area (Å²) in [6, 6.07) is -0.0850. The summed E-state index contributed by atoms with van der Waals surface area (Å²) in [7, 11) is 0. The van der Waals surface area contributed by atoms with E-state index in [1.54, 1.807) is 0 Å². The molecule has 0 saturated heterocycles. The predicted octanol–water partition coefficient (Wildman–Crippen LogP) is 1.22. The van der Waals surface area contributed by atoms with Crippen LogP contribution in [0.2, 0.25) is 0 Å². The third-order valence-electron chi connectivity index (χ3n) is 2.94. The van der Waals surface area contributed by atoms with Crippen molar-refractivity contribution in [1.29, 1.82) is 0 Å². The Balaban J connectivity index is 3.56. The normalized spacial score (nSPS) is 12.8. The van der Waals surface area contributed by atoms with E-state index in [0.717, 1.165) is 45.6 Å². The molecule has 0 spiro atoms. The fraction of sp³-hybridized carbons (Fsp3) is 0.923. The molecule has 1 atom stereocenters. The summed E-state index contributed by atoms with van der Waals surface area (Å²) in [5.74, 6) is 0.106. The molecule has 0 aromatic heterocycles. The molecule has 0 aromatic rings. The van der Waals surface area contributed by atoms with Crippen molar-refractivity contribution >= 4 is 5.91 Å². The van der Waals surface area contributed by atoms with Crippen molar-refractivity contribution in [2.45, 2.75) is 46.6 Å². The van der Waals surface area contributed by atoms with E-state index in [-0.39, 0.29) is 11.9 Å². The number of amides is 1. The largest absolute Gasteiger partial charge is 0.355 e. The maximum atomic E-state index is 11.6. The van der Waals surface area contributed by atoms with Gasteiger partial charge in [0.25, 0.3) is 0 Å². The molecule has 0 aliphatic heterocycles. The van der Waals surface area contributed by atoms with Gasteiger partial charge in [0.1, 0.15) is 0 Å². The molecule has 0 rings (SSSR count). The van der Waals surface area contributed by atoms with Crippen LogP contribution in [0.15, 0.2) is 0 Å². The van der Waals surface area contributed by atoms with Crippen LogP contribution in [0.3, 0.4) is 0 Å². The topological polar surface area (TPSA) is 44.4 Å². The van der Waals surface area contributed by atoms with Gasteiger partial charge in [0, 0.05) is 6.54 Å². The second-order valence-electron chi connectivity index (χ2n) is 4.35. The molecule has 2 N–H and O–H groups in total. The second-order valence-corrected chi connectivity index (χ2v) is 4.35. The second kappa shape index (κ2) is 10.5. The highest BCUT2D eigenvalue weighted by Gasteiger charge is 2.10. The molecule has 0 saturated carbocycles. The minimum atomic E-state index is -0.0850. The van der Waals surface area contributed by atoms with Crippen molar-refractivity contribution in [2.75, 3.05) is 32.7 Å². The average Bonchev–Trinajstić information content (AvgIpc) is 2.35. The highest BCUT2D eigenvalue weighted by Crippen LogP contribution is 1.90. The van der Waals surface area contributed by atoms with Crippen LogP contribution in [0, 0.1) is 0 Å². The molecule has 1 amide bonds. The molecule has 0 aliphatic carbocycles. The van der Waals surface area contributed by atoms with Crippen LogP contribution < -0.4 is 10.6 Å². The Kier molecular flexibility index (Phi) is 10.2. The van der Waals surface area contributed by atoms with E-state index in [0.29, 0.717) is 0 Å². The van der Waals surface area contributed by atoms with Crippen molar-refractivity contribution < 1.29 is 4.79 Å². The minimum absolute atomic E-state index is 0.0850. The molecular weight excluding hydrogens is 214 g/mol. The molecule has 0 heterocycles. The number of carbonyl (C=O) groups is 1. The Hall–Kier alpha value is -0.610. The maximum Gasteiger partial charge on any atom is 0.236 e. The number of hydrogen-bond donors (Lipinski definition) is 2. The van der Waals surface area contributed by atoms with Crippen molar-refractivity contribution in [3.63, 3.8) is 0 Å². The van der Waals surface area contributed by atoms with Crippen molar-refractivity contribution in [2.24, 2.45) is 0 Å². The van der Waals surface area contributed by atoms with Gasteiger partial charge >= 0.3 is 0 Å². The van der Waals surface area contributed by atoms with Crippen LogP contribution in [0.5, 0.6) is 0 Å². The fourth-order valence-corrected chi connectivity index (χ4v) is 1.66. The highest BCUT2D eigenvalue weighted by atomic mass is 16.2. The van der Waals surface area contributed by atoms with E-state index in [1.165, 1.54) is 0 Å². The van der Waals surface area contributed by atoms with Crippen LogP contribution in [0.1, 0.15) is 40.5 Å². The van der Waals surface area contributed by atoms with E-state index >= 15 is 0 Å². The molecular formula is C13H29N3O. The van der Waals surface area contributed by atoms with Gasteiger partial charge < -0.3 is 15.5 Å². The van der Waals surface area contributed by atoms with Gasteiger partial charge in [-0.05, 0) is 45.9 Å². The minimum Gasteiger partial charge on any atom is -0.355 e. The van der Waals surface area contributed by atoms with E-state index in [9.17, 15) is 4.79 Å². The monoisotopic (exact) mass is 243 g/mol. The molecule has 102 valence electrons. The summed E-state index contributed by atoms with van der Waals surface area (Å²) in [5, 5.41) is 6.15. The molecule has 0 fully saturated rings. The van der Waals surface area contributed by atoms with Crippen LogP contribution >= 0.6 is 0 Å². The third kappa shape index (κ3) is 8.16. The number of hydrogen-bond acceptors (Lipinski definition) is 3. The molecule has 4 nitrogen and oxygen atoms in total. The maximum absolute atomic E-state index is 11.6. The van der Waals surface area contributed by atoms with Gasteiger partial charge in [0.15, 0.2) is 0 Å². The summed E-state index contributed by atoms with van der Waals surface area (Å²) in [5.41, 5.74) is 0. The van der Waals surface area contributed by atoms with Crippen LogP contribution in [-0.4, -0.2) is 49.6 Å². The molecule has 0 bridgehead atoms.